The summed E-state index contributed by atoms with van der Waals surface area (Å²) in [4.78, 5) is 26.3. The molecule has 6 rings (SSSR count). The first kappa shape index (κ1) is 20.4. The Labute approximate surface area is 195 Å². The summed E-state index contributed by atoms with van der Waals surface area (Å²) in [5, 5.41) is 12.7. The van der Waals surface area contributed by atoms with Gasteiger partial charge >= 0.3 is 0 Å². The van der Waals surface area contributed by atoms with E-state index in [1.165, 1.54) is 10.4 Å². The minimum atomic E-state index is 0.0635. The molecule has 3 aromatic heterocycles. The van der Waals surface area contributed by atoms with E-state index in [4.69, 9.17) is 4.74 Å². The molecule has 0 radical (unpaired) electrons. The predicted molar refractivity (Wildman–Crippen MR) is 129 cm³/mol. The van der Waals surface area contributed by atoms with Gasteiger partial charge < -0.3 is 15.0 Å². The third-order valence-electron chi connectivity index (χ3n) is 6.73. The van der Waals surface area contributed by atoms with Gasteiger partial charge in [0.15, 0.2) is 0 Å². The molecule has 1 amide bonds. The summed E-state index contributed by atoms with van der Waals surface area (Å²) in [6.45, 7) is 2.53. The number of aromatic nitrogens is 4. The van der Waals surface area contributed by atoms with Gasteiger partial charge in [-0.1, -0.05) is 0 Å². The van der Waals surface area contributed by atoms with E-state index in [0.717, 1.165) is 70.5 Å². The molecule has 8 nitrogen and oxygen atoms in total. The van der Waals surface area contributed by atoms with Crippen LogP contribution in [0.1, 0.15) is 36.6 Å². The third-order valence-corrected chi connectivity index (χ3v) is 7.89. The van der Waals surface area contributed by atoms with E-state index in [0.29, 0.717) is 18.6 Å². The molecule has 0 unspecified atom stereocenters. The summed E-state index contributed by atoms with van der Waals surface area (Å²) in [5.74, 6) is 1.88. The fraction of sp³-hybridized carbons (Fsp3) is 0.417. The van der Waals surface area contributed by atoms with Crippen LogP contribution < -0.4 is 10.1 Å². The number of hydrogen-bond acceptors (Lipinski definition) is 7. The van der Waals surface area contributed by atoms with Gasteiger partial charge in [-0.25, -0.2) is 9.97 Å². The van der Waals surface area contributed by atoms with Crippen molar-refractivity contribution < 1.29 is 9.53 Å². The smallest absolute Gasteiger partial charge is 0.226 e. The van der Waals surface area contributed by atoms with E-state index in [2.05, 4.69) is 25.5 Å². The van der Waals surface area contributed by atoms with Crippen molar-refractivity contribution >= 4 is 49.9 Å². The average Bonchev–Trinajstić information content (AvgIpc) is 3.46. The lowest BCUT2D eigenvalue weighted by Crippen LogP contribution is -2.36. The van der Waals surface area contributed by atoms with Gasteiger partial charge in [-0.3, -0.25) is 9.89 Å². The maximum Gasteiger partial charge on any atom is 0.226 e. The van der Waals surface area contributed by atoms with Crippen molar-refractivity contribution in [1.82, 2.24) is 25.1 Å². The lowest BCUT2D eigenvalue weighted by Gasteiger charge is -2.26. The molecule has 0 spiro atoms. The number of hydrogen-bond donors (Lipinski definition) is 2. The number of carbonyl (C=O) groups is 1. The Hall–Kier alpha value is -3.20. The second-order valence-electron chi connectivity index (χ2n) is 8.89. The van der Waals surface area contributed by atoms with E-state index >= 15 is 0 Å². The highest BCUT2D eigenvalue weighted by Gasteiger charge is 2.36. The number of thiophene rings is 1. The van der Waals surface area contributed by atoms with Crippen LogP contribution in [0.15, 0.2) is 24.7 Å². The van der Waals surface area contributed by atoms with Gasteiger partial charge in [0.05, 0.1) is 29.4 Å². The molecule has 1 aromatic carbocycles. The summed E-state index contributed by atoms with van der Waals surface area (Å²) in [5.41, 5.74) is 3.05. The van der Waals surface area contributed by atoms with Crippen molar-refractivity contribution in [3.63, 3.8) is 0 Å². The normalized spacial score (nSPS) is 17.8. The third kappa shape index (κ3) is 3.60. The topological polar surface area (TPSA) is 96.0 Å². The Kier molecular flexibility index (Phi) is 4.94. The van der Waals surface area contributed by atoms with Gasteiger partial charge in [0.25, 0.3) is 0 Å². The second-order valence-corrected chi connectivity index (χ2v) is 9.97. The molecule has 1 atom stereocenters. The Bertz CT molecular complexity index is 1360. The summed E-state index contributed by atoms with van der Waals surface area (Å²) in [6, 6.07) is 4.44. The van der Waals surface area contributed by atoms with Crippen LogP contribution in [0.2, 0.25) is 0 Å². The molecule has 9 heteroatoms. The number of benzene rings is 1. The second kappa shape index (κ2) is 7.98. The molecule has 33 heavy (non-hydrogen) atoms. The zero-order valence-electron chi connectivity index (χ0n) is 18.7. The van der Waals surface area contributed by atoms with Crippen molar-refractivity contribution in [2.45, 2.75) is 45.1 Å². The van der Waals surface area contributed by atoms with Crippen molar-refractivity contribution in [3.05, 3.63) is 35.1 Å². The van der Waals surface area contributed by atoms with E-state index in [1.54, 1.807) is 23.9 Å². The highest BCUT2D eigenvalue weighted by atomic mass is 32.1. The summed E-state index contributed by atoms with van der Waals surface area (Å²) < 4.78 is 5.89. The number of H-pyrrole nitrogens is 1. The lowest BCUT2D eigenvalue weighted by atomic mass is 9.87. The Balaban J connectivity index is 1.34. The van der Waals surface area contributed by atoms with Crippen LogP contribution in [0, 0.1) is 5.92 Å². The van der Waals surface area contributed by atoms with Gasteiger partial charge in [0.2, 0.25) is 5.91 Å². The number of ether oxygens (including phenoxy) is 1. The SMILES string of the molecule is CCOc1cc2[nH]ncc2cc1Nc1ncnc2sc3c(c12)CC[C@H](C(=O)N(C)C1CC1)C3. The highest BCUT2D eigenvalue weighted by molar-refractivity contribution is 7.19. The fourth-order valence-corrected chi connectivity index (χ4v) is 6.08. The Morgan fingerprint density at radius 2 is 2.18 bits per heavy atom. The zero-order chi connectivity index (χ0) is 22.5. The van der Waals surface area contributed by atoms with Crippen LogP contribution in [0.3, 0.4) is 0 Å². The first-order valence-electron chi connectivity index (χ1n) is 11.5. The molecule has 1 fully saturated rings. The minimum absolute atomic E-state index is 0.0635. The molecule has 2 aliphatic carbocycles. The number of amides is 1. The number of aromatic amines is 1. The number of aryl methyl sites for hydroxylation is 1. The molecule has 170 valence electrons. The summed E-state index contributed by atoms with van der Waals surface area (Å²) in [6.07, 6.45) is 8.21. The molecule has 2 aliphatic rings. The quantitative estimate of drug-likeness (QED) is 0.440. The first-order chi connectivity index (χ1) is 16.1. The lowest BCUT2D eigenvalue weighted by molar-refractivity contribution is -0.135. The number of anilines is 2. The molecule has 2 N–H and O–H groups in total. The van der Waals surface area contributed by atoms with E-state index in [1.807, 2.05) is 31.0 Å². The maximum absolute atomic E-state index is 13.0. The van der Waals surface area contributed by atoms with Crippen LogP contribution in [0.25, 0.3) is 21.1 Å². The van der Waals surface area contributed by atoms with Crippen LogP contribution in [-0.4, -0.2) is 50.7 Å². The van der Waals surface area contributed by atoms with Crippen molar-refractivity contribution in [3.8, 4) is 5.75 Å². The monoisotopic (exact) mass is 462 g/mol. The number of rotatable bonds is 6. The minimum Gasteiger partial charge on any atom is -0.492 e. The summed E-state index contributed by atoms with van der Waals surface area (Å²) in [7, 11) is 1.96. The molecular formula is C24H26N6O2S. The molecule has 0 aliphatic heterocycles. The highest BCUT2D eigenvalue weighted by Crippen LogP contribution is 2.42. The van der Waals surface area contributed by atoms with Crippen LogP contribution in [0.4, 0.5) is 11.5 Å². The molecule has 3 heterocycles. The average molecular weight is 463 g/mol. The Morgan fingerprint density at radius 3 is 3.00 bits per heavy atom. The maximum atomic E-state index is 13.0. The van der Waals surface area contributed by atoms with Crippen molar-refractivity contribution in [2.75, 3.05) is 19.0 Å². The molecule has 1 saturated carbocycles. The van der Waals surface area contributed by atoms with Gasteiger partial charge in [-0.15, -0.1) is 11.3 Å². The summed E-state index contributed by atoms with van der Waals surface area (Å²) >= 11 is 1.69. The van der Waals surface area contributed by atoms with Crippen molar-refractivity contribution in [1.29, 1.82) is 0 Å². The van der Waals surface area contributed by atoms with E-state index < -0.39 is 0 Å². The van der Waals surface area contributed by atoms with Crippen molar-refractivity contribution in [2.24, 2.45) is 5.92 Å². The fourth-order valence-electron chi connectivity index (χ4n) is 4.82. The van der Waals surface area contributed by atoms with E-state index in [-0.39, 0.29) is 5.92 Å². The van der Waals surface area contributed by atoms with Crippen LogP contribution >= 0.6 is 11.3 Å². The van der Waals surface area contributed by atoms with Gasteiger partial charge in [0, 0.05) is 35.3 Å². The molecule has 0 bridgehead atoms. The van der Waals surface area contributed by atoms with Gasteiger partial charge in [-0.05, 0) is 50.7 Å². The number of nitrogens with one attached hydrogen (secondary N) is 2. The largest absolute Gasteiger partial charge is 0.492 e. The number of carbonyl (C=O) groups excluding carboxylic acids is 1. The molecule has 4 aromatic rings. The molecule has 0 saturated heterocycles. The number of nitrogens with zero attached hydrogens (tertiary/aromatic N) is 4. The first-order valence-corrected chi connectivity index (χ1v) is 12.3. The van der Waals surface area contributed by atoms with Gasteiger partial charge in [0.1, 0.15) is 22.7 Å². The number of fused-ring (bicyclic) bond motifs is 4. The van der Waals surface area contributed by atoms with Gasteiger partial charge in [-0.2, -0.15) is 5.10 Å². The predicted octanol–water partition coefficient (Wildman–Crippen LogP) is 4.44. The Morgan fingerprint density at radius 1 is 1.30 bits per heavy atom. The van der Waals surface area contributed by atoms with E-state index in [9.17, 15) is 4.79 Å². The standard InChI is InChI=1S/C24H26N6O2S/c1-3-32-19-10-17-14(11-27-29-17)8-18(19)28-22-21-16-7-4-13(24(31)30(2)15-5-6-15)9-20(16)33-23(21)26-12-25-22/h8,10-13,15H,3-7,9H2,1-2H3,(H,27,29)(H,25,26,28)/t13-/m0/s1. The zero-order valence-corrected chi connectivity index (χ0v) is 19.5. The van der Waals surface area contributed by atoms with Crippen LogP contribution in [-0.2, 0) is 17.6 Å². The van der Waals surface area contributed by atoms with Crippen LogP contribution in [0.5, 0.6) is 5.75 Å². The molecular weight excluding hydrogens is 436 g/mol.